The van der Waals surface area contributed by atoms with Gasteiger partial charge in [0, 0.05) is 10.6 Å². The van der Waals surface area contributed by atoms with E-state index in [1.54, 1.807) is 25.3 Å². The van der Waals surface area contributed by atoms with Gasteiger partial charge >= 0.3 is 0 Å². The summed E-state index contributed by atoms with van der Waals surface area (Å²) in [6, 6.07) is 13.2. The van der Waals surface area contributed by atoms with Crippen LogP contribution < -0.4 is 20.6 Å². The highest BCUT2D eigenvalue weighted by molar-refractivity contribution is 7.98. The minimum absolute atomic E-state index is 0.0231. The molecule has 0 aliphatic heterocycles. The molecular weight excluding hydrogens is 472 g/mol. The first-order chi connectivity index (χ1) is 17.0. The van der Waals surface area contributed by atoms with Crippen molar-refractivity contribution in [2.45, 2.75) is 17.6 Å². The van der Waals surface area contributed by atoms with Gasteiger partial charge in [0.2, 0.25) is 11.6 Å². The van der Waals surface area contributed by atoms with Gasteiger partial charge in [0.05, 0.1) is 26.1 Å². The van der Waals surface area contributed by atoms with Crippen molar-refractivity contribution in [3.63, 3.8) is 0 Å². The van der Waals surface area contributed by atoms with Crippen molar-refractivity contribution >= 4 is 29.7 Å². The van der Waals surface area contributed by atoms with E-state index in [4.69, 9.17) is 15.2 Å². The number of aryl methyl sites for hydroxylation is 1. The third kappa shape index (κ3) is 5.41. The molecule has 0 saturated heterocycles. The zero-order chi connectivity index (χ0) is 24.8. The van der Waals surface area contributed by atoms with Gasteiger partial charge in [-0.05, 0) is 53.1 Å². The number of aromatic nitrogens is 5. The number of benzene rings is 2. The maximum atomic E-state index is 12.9. The SMILES string of the molecule is COc1ccc(/C=N\NC(=O)c2nnn(-c3nonc3N)c2CSc2ccc(C)cc2)cc1OC. The van der Waals surface area contributed by atoms with E-state index in [1.165, 1.54) is 29.8 Å². The number of carbonyl (C=O) groups excluding carboxylic acids is 1. The molecule has 4 aromatic rings. The molecule has 35 heavy (non-hydrogen) atoms. The molecule has 0 saturated carbocycles. The number of nitrogens with zero attached hydrogens (tertiary/aromatic N) is 6. The monoisotopic (exact) mass is 494 g/mol. The molecule has 0 fully saturated rings. The molecule has 0 atom stereocenters. The molecule has 0 unspecified atom stereocenters. The number of hydrogen-bond acceptors (Lipinski definition) is 11. The molecule has 1 amide bonds. The number of nitrogens with two attached hydrogens (primary N) is 1. The Kier molecular flexibility index (Phi) is 7.26. The summed E-state index contributed by atoms with van der Waals surface area (Å²) < 4.78 is 16.5. The summed E-state index contributed by atoms with van der Waals surface area (Å²) in [6.07, 6.45) is 1.48. The summed E-state index contributed by atoms with van der Waals surface area (Å²) in [4.78, 5) is 13.9. The fourth-order valence-corrected chi connectivity index (χ4v) is 3.94. The molecule has 12 nitrogen and oxygen atoms in total. The Morgan fingerprint density at radius 2 is 1.94 bits per heavy atom. The molecule has 0 bridgehead atoms. The van der Waals surface area contributed by atoms with Crippen molar-refractivity contribution in [3.05, 3.63) is 65.0 Å². The van der Waals surface area contributed by atoms with Crippen LogP contribution in [-0.2, 0) is 5.75 Å². The van der Waals surface area contributed by atoms with Crippen molar-refractivity contribution in [1.82, 2.24) is 30.7 Å². The van der Waals surface area contributed by atoms with Gasteiger partial charge in [0.1, 0.15) is 0 Å². The maximum Gasteiger partial charge on any atom is 0.293 e. The molecule has 0 aliphatic carbocycles. The van der Waals surface area contributed by atoms with Gasteiger partial charge in [-0.2, -0.15) is 9.78 Å². The molecule has 0 aliphatic rings. The number of ether oxygens (including phenoxy) is 2. The Morgan fingerprint density at radius 1 is 1.17 bits per heavy atom. The number of hydrogen-bond donors (Lipinski definition) is 2. The Labute approximate surface area is 204 Å². The normalized spacial score (nSPS) is 11.1. The van der Waals surface area contributed by atoms with Crippen molar-refractivity contribution < 1.29 is 18.9 Å². The predicted molar refractivity (Wildman–Crippen MR) is 129 cm³/mol. The van der Waals surface area contributed by atoms with Gasteiger partial charge in [-0.25, -0.2) is 10.1 Å². The number of rotatable bonds is 9. The first-order valence-electron chi connectivity index (χ1n) is 10.3. The van der Waals surface area contributed by atoms with Gasteiger partial charge in [-0.15, -0.1) is 16.9 Å². The Bertz CT molecular complexity index is 1350. The number of carbonyl (C=O) groups is 1. The van der Waals surface area contributed by atoms with Crippen LogP contribution in [0.15, 0.2) is 57.1 Å². The first-order valence-corrected chi connectivity index (χ1v) is 11.3. The van der Waals surface area contributed by atoms with Gasteiger partial charge in [-0.1, -0.05) is 22.9 Å². The van der Waals surface area contributed by atoms with Crippen LogP contribution in [0.1, 0.15) is 27.3 Å². The van der Waals surface area contributed by atoms with E-state index in [2.05, 4.69) is 35.8 Å². The van der Waals surface area contributed by atoms with Crippen molar-refractivity contribution in [2.75, 3.05) is 20.0 Å². The van der Waals surface area contributed by atoms with Gasteiger partial charge in [-0.3, -0.25) is 4.79 Å². The summed E-state index contributed by atoms with van der Waals surface area (Å²) in [6.45, 7) is 2.01. The molecule has 2 aromatic heterocycles. The van der Waals surface area contributed by atoms with Crippen molar-refractivity contribution in [2.24, 2.45) is 5.10 Å². The predicted octanol–water partition coefficient (Wildman–Crippen LogP) is 2.61. The lowest BCUT2D eigenvalue weighted by atomic mass is 10.2. The number of amides is 1. The molecule has 2 heterocycles. The van der Waals surface area contributed by atoms with Crippen LogP contribution in [0.25, 0.3) is 5.82 Å². The topological polar surface area (TPSA) is 156 Å². The maximum absolute atomic E-state index is 12.9. The zero-order valence-electron chi connectivity index (χ0n) is 19.1. The third-order valence-electron chi connectivity index (χ3n) is 4.86. The average Bonchev–Trinajstić information content (AvgIpc) is 3.49. The largest absolute Gasteiger partial charge is 0.493 e. The van der Waals surface area contributed by atoms with Gasteiger partial charge < -0.3 is 15.2 Å². The zero-order valence-corrected chi connectivity index (χ0v) is 19.9. The number of thioether (sulfide) groups is 1. The minimum atomic E-state index is -0.553. The highest BCUT2D eigenvalue weighted by Crippen LogP contribution is 2.27. The molecule has 2 aromatic carbocycles. The van der Waals surface area contributed by atoms with Gasteiger partial charge in [0.25, 0.3) is 5.91 Å². The third-order valence-corrected chi connectivity index (χ3v) is 5.88. The molecule has 4 rings (SSSR count). The number of nitrogens with one attached hydrogen (secondary N) is 1. The van der Waals surface area contributed by atoms with Crippen LogP contribution in [0.5, 0.6) is 11.5 Å². The lowest BCUT2D eigenvalue weighted by Gasteiger charge is -2.07. The molecular formula is C22H22N8O4S. The molecule has 0 spiro atoms. The second kappa shape index (κ2) is 10.7. The number of methoxy groups -OCH3 is 2. The van der Waals surface area contributed by atoms with E-state index in [0.717, 1.165) is 10.5 Å². The average molecular weight is 495 g/mol. The second-order valence-electron chi connectivity index (χ2n) is 7.18. The summed E-state index contributed by atoms with van der Waals surface area (Å²) >= 11 is 1.50. The molecule has 180 valence electrons. The molecule has 0 radical (unpaired) electrons. The fourth-order valence-electron chi connectivity index (χ4n) is 3.05. The second-order valence-corrected chi connectivity index (χ2v) is 8.23. The number of nitrogen functional groups attached to an aromatic ring is 1. The van der Waals surface area contributed by atoms with Crippen LogP contribution in [0.2, 0.25) is 0 Å². The fraction of sp³-hybridized carbons (Fsp3) is 0.182. The van der Waals surface area contributed by atoms with Crippen LogP contribution in [0, 0.1) is 6.92 Å². The molecule has 3 N–H and O–H groups in total. The van der Waals surface area contributed by atoms with E-state index in [0.29, 0.717) is 28.5 Å². The van der Waals surface area contributed by atoms with E-state index < -0.39 is 5.91 Å². The van der Waals surface area contributed by atoms with E-state index in [-0.39, 0.29) is 17.3 Å². The van der Waals surface area contributed by atoms with E-state index in [9.17, 15) is 4.79 Å². The summed E-state index contributed by atoms with van der Waals surface area (Å²) in [7, 11) is 3.09. The van der Waals surface area contributed by atoms with Crippen molar-refractivity contribution in [1.29, 1.82) is 0 Å². The highest BCUT2D eigenvalue weighted by Gasteiger charge is 2.24. The van der Waals surface area contributed by atoms with E-state index in [1.807, 2.05) is 31.2 Å². The number of hydrazone groups is 1. The van der Waals surface area contributed by atoms with E-state index >= 15 is 0 Å². The summed E-state index contributed by atoms with van der Waals surface area (Å²) in [5.74, 6) is 1.09. The van der Waals surface area contributed by atoms with Gasteiger partial charge in [0.15, 0.2) is 17.2 Å². The first kappa shape index (κ1) is 23.8. The quantitative estimate of drug-likeness (QED) is 0.201. The number of anilines is 1. The lowest BCUT2D eigenvalue weighted by molar-refractivity contribution is 0.0949. The Balaban J connectivity index is 1.55. The minimum Gasteiger partial charge on any atom is -0.493 e. The lowest BCUT2D eigenvalue weighted by Crippen LogP contribution is -2.20. The molecule has 13 heteroatoms. The van der Waals surface area contributed by atoms with Crippen LogP contribution in [-0.4, -0.2) is 51.6 Å². The summed E-state index contributed by atoms with van der Waals surface area (Å²) in [5.41, 5.74) is 10.7. The van der Waals surface area contributed by atoms with Crippen LogP contribution in [0.4, 0.5) is 5.82 Å². The van der Waals surface area contributed by atoms with Crippen molar-refractivity contribution in [3.8, 4) is 17.3 Å². The van der Waals surface area contributed by atoms with Crippen LogP contribution >= 0.6 is 11.8 Å². The smallest absolute Gasteiger partial charge is 0.293 e. The highest BCUT2D eigenvalue weighted by atomic mass is 32.2. The van der Waals surface area contributed by atoms with Crippen LogP contribution in [0.3, 0.4) is 0 Å². The Hall–Kier alpha value is -4.39. The Morgan fingerprint density at radius 3 is 2.63 bits per heavy atom. The summed E-state index contributed by atoms with van der Waals surface area (Å²) in [5, 5.41) is 19.5. The standard InChI is InChI=1S/C22H22N8O4S/c1-13-4-7-15(8-5-13)35-12-16-19(25-29-30(16)21-20(23)27-34-28-21)22(31)26-24-11-14-6-9-17(32-2)18(10-14)33-3/h4-11H,12H2,1-3H3,(H2,23,27)(H,26,31)/b24-11-.